The molecule has 1 aromatic rings. The molecule has 1 unspecified atom stereocenters. The molecule has 1 N–H and O–H groups in total. The average Bonchev–Trinajstić information content (AvgIpc) is 2.35. The van der Waals surface area contributed by atoms with Gasteiger partial charge in [-0.2, -0.15) is 0 Å². The molecule has 0 spiro atoms. The van der Waals surface area contributed by atoms with Crippen molar-refractivity contribution >= 4 is 21.6 Å². The van der Waals surface area contributed by atoms with Gasteiger partial charge in [-0.05, 0) is 31.7 Å². The molecule has 1 rings (SSSR count). The molecular formula is C13H20ClNO2S. The minimum Gasteiger partial charge on any atom is -0.212 e. The molecule has 1 atom stereocenters. The number of benzene rings is 1. The number of sulfonamides is 1. The van der Waals surface area contributed by atoms with Gasteiger partial charge in [-0.15, -0.1) is 11.6 Å². The molecule has 0 bridgehead atoms. The minimum atomic E-state index is -3.18. The van der Waals surface area contributed by atoms with E-state index in [1.807, 2.05) is 25.1 Å². The maximum atomic E-state index is 11.6. The number of aryl methyl sites for hydroxylation is 1. The Bertz CT molecular complexity index is 434. The number of alkyl halides is 1. The predicted molar refractivity (Wildman–Crippen MR) is 76.5 cm³/mol. The molecule has 0 radical (unpaired) electrons. The lowest BCUT2D eigenvalue weighted by molar-refractivity contribution is 0.546. The molecule has 0 aromatic heterocycles. The molecule has 3 nitrogen and oxygen atoms in total. The minimum absolute atomic E-state index is 0.0504. The highest BCUT2D eigenvalue weighted by molar-refractivity contribution is 7.89. The van der Waals surface area contributed by atoms with E-state index in [2.05, 4.69) is 16.9 Å². The maximum Gasteiger partial charge on any atom is 0.211 e. The molecule has 18 heavy (non-hydrogen) atoms. The number of rotatable bonds is 8. The van der Waals surface area contributed by atoms with Gasteiger partial charge in [-0.25, -0.2) is 13.1 Å². The second-order valence-electron chi connectivity index (χ2n) is 4.40. The van der Waals surface area contributed by atoms with E-state index >= 15 is 0 Å². The maximum absolute atomic E-state index is 11.6. The fraction of sp³-hybridized carbons (Fsp3) is 0.538. The Labute approximate surface area is 115 Å². The van der Waals surface area contributed by atoms with Crippen molar-refractivity contribution in [3.63, 3.8) is 0 Å². The third kappa shape index (κ3) is 6.38. The zero-order valence-corrected chi connectivity index (χ0v) is 12.2. The highest BCUT2D eigenvalue weighted by Crippen LogP contribution is 2.06. The molecule has 0 aliphatic rings. The zero-order valence-electron chi connectivity index (χ0n) is 10.6. The van der Waals surface area contributed by atoms with Gasteiger partial charge >= 0.3 is 0 Å². The standard InChI is InChI=1S/C13H20ClNO2S/c1-12(15-18(16,17)11-5-10-14)8-9-13-6-3-2-4-7-13/h2-4,6-7,12,15H,5,8-11H2,1H3. The molecule has 0 aliphatic heterocycles. The quantitative estimate of drug-likeness (QED) is 0.748. The van der Waals surface area contributed by atoms with Gasteiger partial charge in [0.15, 0.2) is 0 Å². The van der Waals surface area contributed by atoms with E-state index in [0.29, 0.717) is 12.3 Å². The Hall–Kier alpha value is -0.580. The summed E-state index contributed by atoms with van der Waals surface area (Å²) in [6.07, 6.45) is 2.16. The summed E-state index contributed by atoms with van der Waals surface area (Å²) < 4.78 is 26.0. The Morgan fingerprint density at radius 2 is 1.94 bits per heavy atom. The number of nitrogens with one attached hydrogen (secondary N) is 1. The van der Waals surface area contributed by atoms with Gasteiger partial charge < -0.3 is 0 Å². The van der Waals surface area contributed by atoms with E-state index < -0.39 is 10.0 Å². The van der Waals surface area contributed by atoms with Crippen molar-refractivity contribution in [2.75, 3.05) is 11.6 Å². The van der Waals surface area contributed by atoms with Crippen molar-refractivity contribution in [1.82, 2.24) is 4.72 Å². The van der Waals surface area contributed by atoms with Crippen LogP contribution in [0.15, 0.2) is 30.3 Å². The molecule has 5 heteroatoms. The van der Waals surface area contributed by atoms with E-state index in [0.717, 1.165) is 12.8 Å². The molecular weight excluding hydrogens is 270 g/mol. The second kappa shape index (κ2) is 7.77. The highest BCUT2D eigenvalue weighted by atomic mass is 35.5. The van der Waals surface area contributed by atoms with Crippen molar-refractivity contribution in [1.29, 1.82) is 0 Å². The Morgan fingerprint density at radius 3 is 2.56 bits per heavy atom. The van der Waals surface area contributed by atoms with E-state index in [4.69, 9.17) is 11.6 Å². The van der Waals surface area contributed by atoms with E-state index in [-0.39, 0.29) is 11.8 Å². The highest BCUT2D eigenvalue weighted by Gasteiger charge is 2.13. The van der Waals surface area contributed by atoms with Gasteiger partial charge in [-0.1, -0.05) is 30.3 Å². The van der Waals surface area contributed by atoms with Gasteiger partial charge in [0.2, 0.25) is 10.0 Å². The Morgan fingerprint density at radius 1 is 1.28 bits per heavy atom. The van der Waals surface area contributed by atoms with Gasteiger partial charge in [0.1, 0.15) is 0 Å². The molecule has 0 saturated carbocycles. The Kier molecular flexibility index (Phi) is 6.68. The fourth-order valence-electron chi connectivity index (χ4n) is 1.70. The van der Waals surface area contributed by atoms with Crippen molar-refractivity contribution in [3.8, 4) is 0 Å². The molecule has 1 aromatic carbocycles. The SMILES string of the molecule is CC(CCc1ccccc1)NS(=O)(=O)CCCCl. The first-order chi connectivity index (χ1) is 8.53. The van der Waals surface area contributed by atoms with Crippen LogP contribution < -0.4 is 4.72 Å². The summed E-state index contributed by atoms with van der Waals surface area (Å²) >= 11 is 5.49. The summed E-state index contributed by atoms with van der Waals surface area (Å²) in [5.41, 5.74) is 1.23. The summed E-state index contributed by atoms with van der Waals surface area (Å²) in [6.45, 7) is 1.89. The lowest BCUT2D eigenvalue weighted by atomic mass is 10.1. The molecule has 0 fully saturated rings. The average molecular weight is 290 g/mol. The third-order valence-electron chi connectivity index (χ3n) is 2.64. The van der Waals surface area contributed by atoms with Crippen LogP contribution in [0.5, 0.6) is 0 Å². The van der Waals surface area contributed by atoms with Crippen LogP contribution in [-0.4, -0.2) is 26.1 Å². The van der Waals surface area contributed by atoms with Crippen LogP contribution in [0.1, 0.15) is 25.3 Å². The summed E-state index contributed by atoms with van der Waals surface area (Å²) in [4.78, 5) is 0. The first-order valence-electron chi connectivity index (χ1n) is 6.13. The summed E-state index contributed by atoms with van der Waals surface area (Å²) in [7, 11) is -3.18. The van der Waals surface area contributed by atoms with Crippen molar-refractivity contribution in [3.05, 3.63) is 35.9 Å². The largest absolute Gasteiger partial charge is 0.212 e. The van der Waals surface area contributed by atoms with Crippen LogP contribution in [0.4, 0.5) is 0 Å². The number of halogens is 1. The van der Waals surface area contributed by atoms with Gasteiger partial charge in [0, 0.05) is 11.9 Å². The van der Waals surface area contributed by atoms with Crippen LogP contribution in [0.3, 0.4) is 0 Å². The van der Waals surface area contributed by atoms with Crippen LogP contribution in [0.25, 0.3) is 0 Å². The second-order valence-corrected chi connectivity index (χ2v) is 6.66. The van der Waals surface area contributed by atoms with E-state index in [9.17, 15) is 8.42 Å². The lowest BCUT2D eigenvalue weighted by Crippen LogP contribution is -2.34. The van der Waals surface area contributed by atoms with E-state index in [1.165, 1.54) is 5.56 Å². The molecule has 0 heterocycles. The van der Waals surface area contributed by atoms with Crippen LogP contribution >= 0.6 is 11.6 Å². The summed E-state index contributed by atoms with van der Waals surface area (Å²) in [5, 5.41) is 0. The van der Waals surface area contributed by atoms with Gasteiger partial charge in [-0.3, -0.25) is 0 Å². The normalized spacial score (nSPS) is 13.4. The first-order valence-corrected chi connectivity index (χ1v) is 8.32. The van der Waals surface area contributed by atoms with Crippen molar-refractivity contribution in [2.45, 2.75) is 32.2 Å². The fourth-order valence-corrected chi connectivity index (χ4v) is 3.36. The lowest BCUT2D eigenvalue weighted by Gasteiger charge is -2.13. The number of hydrogen-bond donors (Lipinski definition) is 1. The van der Waals surface area contributed by atoms with Crippen LogP contribution in [-0.2, 0) is 16.4 Å². The molecule has 102 valence electrons. The smallest absolute Gasteiger partial charge is 0.211 e. The number of hydrogen-bond acceptors (Lipinski definition) is 2. The molecule has 0 aliphatic carbocycles. The monoisotopic (exact) mass is 289 g/mol. The topological polar surface area (TPSA) is 46.2 Å². The van der Waals surface area contributed by atoms with E-state index in [1.54, 1.807) is 0 Å². The predicted octanol–water partition coefficient (Wildman–Crippen LogP) is 2.56. The van der Waals surface area contributed by atoms with Crippen molar-refractivity contribution < 1.29 is 8.42 Å². The van der Waals surface area contributed by atoms with Gasteiger partial charge in [0.05, 0.1) is 5.75 Å². The van der Waals surface area contributed by atoms with Crippen LogP contribution in [0, 0.1) is 0 Å². The Balaban J connectivity index is 2.35. The first kappa shape index (κ1) is 15.5. The summed E-state index contributed by atoms with van der Waals surface area (Å²) in [6, 6.07) is 10.0. The van der Waals surface area contributed by atoms with Gasteiger partial charge in [0.25, 0.3) is 0 Å². The summed E-state index contributed by atoms with van der Waals surface area (Å²) in [5.74, 6) is 0.478. The van der Waals surface area contributed by atoms with Crippen LogP contribution in [0.2, 0.25) is 0 Å². The zero-order chi connectivity index (χ0) is 13.4. The third-order valence-corrected chi connectivity index (χ3v) is 4.49. The molecule has 0 saturated heterocycles. The van der Waals surface area contributed by atoms with Crippen molar-refractivity contribution in [2.24, 2.45) is 0 Å². The molecule has 0 amide bonds.